The average Bonchev–Trinajstić information content (AvgIpc) is 2.55. The van der Waals surface area contributed by atoms with Crippen molar-refractivity contribution in [1.29, 1.82) is 0 Å². The SMILES string of the molecule is CCCCc1ncc(CN=Cc2c(N)ccnc2C=O)cc1C. The standard InChI is InChI=1S/C18H22N4O/c1-3-4-5-17-13(2)8-14(10-22-17)9-20-11-15-16(19)6-7-21-18(15)12-23/h6-8,10-12H,3-5,9H2,1-2H3,(H2,19,21). The maximum Gasteiger partial charge on any atom is 0.169 e. The number of pyridine rings is 2. The van der Waals surface area contributed by atoms with Gasteiger partial charge in [0.15, 0.2) is 6.29 Å². The van der Waals surface area contributed by atoms with E-state index in [2.05, 4.69) is 34.9 Å². The topological polar surface area (TPSA) is 81.2 Å². The smallest absolute Gasteiger partial charge is 0.169 e. The number of nitrogens with two attached hydrogens (primary N) is 1. The molecule has 5 heteroatoms. The molecule has 0 aliphatic rings. The van der Waals surface area contributed by atoms with E-state index in [4.69, 9.17) is 5.73 Å². The number of carbonyl (C=O) groups is 1. The molecule has 0 amide bonds. The number of nitrogens with zero attached hydrogens (tertiary/aromatic N) is 3. The molecule has 23 heavy (non-hydrogen) atoms. The van der Waals surface area contributed by atoms with Crippen molar-refractivity contribution in [2.75, 3.05) is 5.73 Å². The lowest BCUT2D eigenvalue weighted by Crippen LogP contribution is -2.01. The second-order valence-corrected chi connectivity index (χ2v) is 5.50. The minimum atomic E-state index is 0.304. The van der Waals surface area contributed by atoms with Gasteiger partial charge in [-0.1, -0.05) is 19.4 Å². The van der Waals surface area contributed by atoms with Crippen molar-refractivity contribution in [3.63, 3.8) is 0 Å². The van der Waals surface area contributed by atoms with Crippen LogP contribution in [0.3, 0.4) is 0 Å². The lowest BCUT2D eigenvalue weighted by atomic mass is 10.1. The summed E-state index contributed by atoms with van der Waals surface area (Å²) < 4.78 is 0. The van der Waals surface area contributed by atoms with Gasteiger partial charge in [0, 0.05) is 35.6 Å². The van der Waals surface area contributed by atoms with Crippen LogP contribution in [0.2, 0.25) is 0 Å². The molecule has 120 valence electrons. The summed E-state index contributed by atoms with van der Waals surface area (Å²) in [6, 6.07) is 3.77. The van der Waals surface area contributed by atoms with Gasteiger partial charge < -0.3 is 5.73 Å². The summed E-state index contributed by atoms with van der Waals surface area (Å²) in [4.78, 5) is 23.9. The van der Waals surface area contributed by atoms with Gasteiger partial charge in [-0.05, 0) is 37.0 Å². The molecule has 2 aromatic rings. The molecule has 0 spiro atoms. The zero-order chi connectivity index (χ0) is 16.7. The minimum Gasteiger partial charge on any atom is -0.398 e. The van der Waals surface area contributed by atoms with Crippen LogP contribution in [-0.4, -0.2) is 22.5 Å². The summed E-state index contributed by atoms with van der Waals surface area (Å²) in [5, 5.41) is 0. The largest absolute Gasteiger partial charge is 0.398 e. The molecule has 0 atom stereocenters. The predicted octanol–water partition coefficient (Wildman–Crippen LogP) is 3.14. The van der Waals surface area contributed by atoms with Gasteiger partial charge in [-0.2, -0.15) is 0 Å². The lowest BCUT2D eigenvalue weighted by molar-refractivity contribution is 0.111. The van der Waals surface area contributed by atoms with E-state index >= 15 is 0 Å². The number of unbranched alkanes of at least 4 members (excludes halogenated alkanes) is 1. The Labute approximate surface area is 136 Å². The van der Waals surface area contributed by atoms with E-state index in [1.165, 1.54) is 18.2 Å². The first-order valence-electron chi connectivity index (χ1n) is 7.79. The molecule has 0 saturated heterocycles. The van der Waals surface area contributed by atoms with Crippen LogP contribution in [-0.2, 0) is 13.0 Å². The molecule has 0 saturated carbocycles. The second kappa shape index (κ2) is 8.17. The van der Waals surface area contributed by atoms with Crippen molar-refractivity contribution < 1.29 is 4.79 Å². The Morgan fingerprint density at radius 1 is 1.35 bits per heavy atom. The summed E-state index contributed by atoms with van der Waals surface area (Å²) in [6.07, 6.45) is 9.00. The normalized spacial score (nSPS) is 11.0. The summed E-state index contributed by atoms with van der Waals surface area (Å²) in [5.41, 5.74) is 10.6. The number of aromatic nitrogens is 2. The Morgan fingerprint density at radius 2 is 2.17 bits per heavy atom. The van der Waals surface area contributed by atoms with Crippen LogP contribution in [0.4, 0.5) is 5.69 Å². The molecule has 0 aromatic carbocycles. The second-order valence-electron chi connectivity index (χ2n) is 5.50. The first kappa shape index (κ1) is 16.8. The highest BCUT2D eigenvalue weighted by atomic mass is 16.1. The van der Waals surface area contributed by atoms with Crippen molar-refractivity contribution in [1.82, 2.24) is 9.97 Å². The van der Waals surface area contributed by atoms with E-state index in [0.29, 0.717) is 29.8 Å². The quantitative estimate of drug-likeness (QED) is 0.629. The molecule has 2 aromatic heterocycles. The van der Waals surface area contributed by atoms with Crippen LogP contribution in [0.5, 0.6) is 0 Å². The fourth-order valence-electron chi connectivity index (χ4n) is 2.34. The molecule has 0 fully saturated rings. The van der Waals surface area contributed by atoms with Crippen LogP contribution in [0.15, 0.2) is 29.5 Å². The van der Waals surface area contributed by atoms with E-state index in [-0.39, 0.29) is 0 Å². The molecule has 0 aliphatic heterocycles. The van der Waals surface area contributed by atoms with Crippen molar-refractivity contribution in [2.45, 2.75) is 39.7 Å². The number of aliphatic imine (C=N–C) groups is 1. The van der Waals surface area contributed by atoms with Gasteiger partial charge in [0.05, 0.1) is 6.54 Å². The van der Waals surface area contributed by atoms with E-state index in [0.717, 1.165) is 24.1 Å². The van der Waals surface area contributed by atoms with E-state index in [1.54, 1.807) is 12.3 Å². The van der Waals surface area contributed by atoms with Crippen LogP contribution in [0, 0.1) is 6.92 Å². The number of rotatable bonds is 7. The number of aldehydes is 1. The Balaban J connectivity index is 2.09. The molecule has 0 radical (unpaired) electrons. The molecule has 0 unspecified atom stereocenters. The van der Waals surface area contributed by atoms with E-state index < -0.39 is 0 Å². The van der Waals surface area contributed by atoms with Gasteiger partial charge in [0.2, 0.25) is 0 Å². The van der Waals surface area contributed by atoms with Gasteiger partial charge in [0.25, 0.3) is 0 Å². The third-order valence-corrected chi connectivity index (χ3v) is 3.67. The van der Waals surface area contributed by atoms with Crippen LogP contribution in [0.1, 0.15) is 52.6 Å². The van der Waals surface area contributed by atoms with Crippen LogP contribution < -0.4 is 5.73 Å². The van der Waals surface area contributed by atoms with Crippen LogP contribution in [0.25, 0.3) is 0 Å². The number of hydrogen-bond donors (Lipinski definition) is 1. The molecular weight excluding hydrogens is 288 g/mol. The minimum absolute atomic E-state index is 0.304. The predicted molar refractivity (Wildman–Crippen MR) is 92.9 cm³/mol. The number of nitrogen functional groups attached to an aromatic ring is 1. The fourth-order valence-corrected chi connectivity index (χ4v) is 2.34. The van der Waals surface area contributed by atoms with Gasteiger partial charge in [-0.15, -0.1) is 0 Å². The number of hydrogen-bond acceptors (Lipinski definition) is 5. The Kier molecular flexibility index (Phi) is 5.97. The summed E-state index contributed by atoms with van der Waals surface area (Å²) in [5.74, 6) is 0. The highest BCUT2D eigenvalue weighted by Crippen LogP contribution is 2.13. The van der Waals surface area contributed by atoms with Gasteiger partial charge >= 0.3 is 0 Å². The summed E-state index contributed by atoms with van der Waals surface area (Å²) >= 11 is 0. The third-order valence-electron chi connectivity index (χ3n) is 3.67. The van der Waals surface area contributed by atoms with Crippen molar-refractivity contribution in [3.05, 3.63) is 52.6 Å². The Morgan fingerprint density at radius 3 is 2.87 bits per heavy atom. The number of anilines is 1. The molecule has 2 N–H and O–H groups in total. The Bertz CT molecular complexity index is 710. The van der Waals surface area contributed by atoms with E-state index in [1.807, 2.05) is 6.20 Å². The van der Waals surface area contributed by atoms with Gasteiger partial charge in [-0.3, -0.25) is 19.8 Å². The third kappa shape index (κ3) is 4.45. The van der Waals surface area contributed by atoms with Crippen molar-refractivity contribution in [3.8, 4) is 0 Å². The van der Waals surface area contributed by atoms with Crippen molar-refractivity contribution in [2.24, 2.45) is 4.99 Å². The van der Waals surface area contributed by atoms with Gasteiger partial charge in [0.1, 0.15) is 5.69 Å². The molecule has 2 rings (SSSR count). The molecule has 5 nitrogen and oxygen atoms in total. The molecule has 2 heterocycles. The maximum absolute atomic E-state index is 11.0. The monoisotopic (exact) mass is 310 g/mol. The maximum atomic E-state index is 11.0. The fraction of sp³-hybridized carbons (Fsp3) is 0.333. The zero-order valence-corrected chi connectivity index (χ0v) is 13.6. The number of aryl methyl sites for hydroxylation is 2. The molecule has 0 bridgehead atoms. The first-order valence-corrected chi connectivity index (χ1v) is 7.79. The first-order chi connectivity index (χ1) is 11.2. The summed E-state index contributed by atoms with van der Waals surface area (Å²) in [7, 11) is 0. The van der Waals surface area contributed by atoms with Gasteiger partial charge in [-0.25, -0.2) is 0 Å². The zero-order valence-electron chi connectivity index (χ0n) is 13.6. The number of carbonyl (C=O) groups excluding carboxylic acids is 1. The van der Waals surface area contributed by atoms with Crippen LogP contribution >= 0.6 is 0 Å². The highest BCUT2D eigenvalue weighted by Gasteiger charge is 2.05. The Hall–Kier alpha value is -2.56. The summed E-state index contributed by atoms with van der Waals surface area (Å²) in [6.45, 7) is 4.75. The average molecular weight is 310 g/mol. The molecular formula is C18H22N4O. The van der Waals surface area contributed by atoms with E-state index in [9.17, 15) is 4.79 Å². The lowest BCUT2D eigenvalue weighted by Gasteiger charge is -2.06. The highest BCUT2D eigenvalue weighted by molar-refractivity contribution is 5.95. The van der Waals surface area contributed by atoms with Crippen molar-refractivity contribution >= 4 is 18.2 Å². The molecule has 0 aliphatic carbocycles.